The largest absolute Gasteiger partial charge is 0.396 e. The molecule has 0 saturated heterocycles. The van der Waals surface area contributed by atoms with Gasteiger partial charge in [0.1, 0.15) is 5.82 Å². The molecule has 0 spiro atoms. The van der Waals surface area contributed by atoms with Crippen molar-refractivity contribution in [3.05, 3.63) is 35.1 Å². The van der Waals surface area contributed by atoms with Crippen LogP contribution < -0.4 is 0 Å². The molecular weight excluding hydrogens is 203 g/mol. The van der Waals surface area contributed by atoms with Gasteiger partial charge in [0.25, 0.3) is 0 Å². The van der Waals surface area contributed by atoms with Crippen molar-refractivity contribution in [2.24, 2.45) is 11.3 Å². The van der Waals surface area contributed by atoms with Gasteiger partial charge in [-0.15, -0.1) is 0 Å². The minimum absolute atomic E-state index is 0.0651. The molecule has 1 N–H and O–H groups in total. The van der Waals surface area contributed by atoms with Gasteiger partial charge in [0.15, 0.2) is 0 Å². The lowest BCUT2D eigenvalue weighted by Gasteiger charge is -2.29. The van der Waals surface area contributed by atoms with E-state index in [0.717, 1.165) is 17.5 Å². The first-order valence-electron chi connectivity index (χ1n) is 5.70. The van der Waals surface area contributed by atoms with Gasteiger partial charge in [0.05, 0.1) is 0 Å². The van der Waals surface area contributed by atoms with Gasteiger partial charge in [0.2, 0.25) is 0 Å². The van der Waals surface area contributed by atoms with Gasteiger partial charge < -0.3 is 5.11 Å². The number of aryl methyl sites for hydroxylation is 1. The maximum absolute atomic E-state index is 13.0. The second-order valence-corrected chi connectivity index (χ2v) is 5.52. The number of hydrogen-bond donors (Lipinski definition) is 1. The number of hydrogen-bond acceptors (Lipinski definition) is 1. The van der Waals surface area contributed by atoms with E-state index in [0.29, 0.717) is 0 Å². The Morgan fingerprint density at radius 3 is 2.38 bits per heavy atom. The van der Waals surface area contributed by atoms with Crippen LogP contribution in [0.25, 0.3) is 0 Å². The van der Waals surface area contributed by atoms with Gasteiger partial charge >= 0.3 is 0 Å². The number of benzene rings is 1. The number of aliphatic hydroxyl groups is 1. The van der Waals surface area contributed by atoms with Crippen LogP contribution in [0, 0.1) is 24.1 Å². The fraction of sp³-hybridized carbons (Fsp3) is 0.571. The van der Waals surface area contributed by atoms with Gasteiger partial charge in [-0.05, 0) is 47.9 Å². The van der Waals surface area contributed by atoms with Crippen molar-refractivity contribution < 1.29 is 9.50 Å². The van der Waals surface area contributed by atoms with Crippen LogP contribution in [0.5, 0.6) is 0 Å². The zero-order valence-corrected chi connectivity index (χ0v) is 10.5. The lowest BCUT2D eigenvalue weighted by Crippen LogP contribution is -2.26. The highest BCUT2D eigenvalue weighted by atomic mass is 19.1. The Balaban J connectivity index is 2.86. The SMILES string of the molecule is Cc1cc(F)ccc1CC(CO)C(C)(C)C. The molecule has 1 unspecified atom stereocenters. The second kappa shape index (κ2) is 4.96. The standard InChI is InChI=1S/C14H21FO/c1-10-7-13(15)6-5-11(10)8-12(9-16)14(2,3)4/h5-7,12,16H,8-9H2,1-4H3. The molecule has 1 nitrogen and oxygen atoms in total. The summed E-state index contributed by atoms with van der Waals surface area (Å²) in [6.45, 7) is 8.43. The molecule has 0 bridgehead atoms. The van der Waals surface area contributed by atoms with Gasteiger partial charge in [-0.3, -0.25) is 0 Å². The van der Waals surface area contributed by atoms with E-state index in [-0.39, 0.29) is 23.8 Å². The topological polar surface area (TPSA) is 20.2 Å². The van der Waals surface area contributed by atoms with Gasteiger partial charge in [-0.1, -0.05) is 26.8 Å². The predicted octanol–water partition coefficient (Wildman–Crippen LogP) is 3.33. The van der Waals surface area contributed by atoms with Crippen molar-refractivity contribution in [2.75, 3.05) is 6.61 Å². The molecule has 0 saturated carbocycles. The Morgan fingerprint density at radius 2 is 1.94 bits per heavy atom. The van der Waals surface area contributed by atoms with Crippen LogP contribution in [0.1, 0.15) is 31.9 Å². The molecule has 1 atom stereocenters. The van der Waals surface area contributed by atoms with Gasteiger partial charge in [-0.2, -0.15) is 0 Å². The molecule has 0 fully saturated rings. The van der Waals surface area contributed by atoms with Gasteiger partial charge in [0, 0.05) is 6.61 Å². The van der Waals surface area contributed by atoms with Crippen LogP contribution in [-0.2, 0) is 6.42 Å². The summed E-state index contributed by atoms with van der Waals surface area (Å²) in [5.41, 5.74) is 2.15. The molecular formula is C14H21FO. The first-order valence-corrected chi connectivity index (χ1v) is 5.70. The third-order valence-electron chi connectivity index (χ3n) is 3.22. The van der Waals surface area contributed by atoms with E-state index in [4.69, 9.17) is 0 Å². The molecule has 16 heavy (non-hydrogen) atoms. The van der Waals surface area contributed by atoms with Crippen molar-refractivity contribution >= 4 is 0 Å². The van der Waals surface area contributed by atoms with Crippen molar-refractivity contribution in [1.29, 1.82) is 0 Å². The highest BCUT2D eigenvalue weighted by molar-refractivity contribution is 5.27. The molecule has 0 radical (unpaired) electrons. The highest BCUT2D eigenvalue weighted by Crippen LogP contribution is 2.29. The minimum Gasteiger partial charge on any atom is -0.396 e. The minimum atomic E-state index is -0.197. The predicted molar refractivity (Wildman–Crippen MR) is 64.9 cm³/mol. The average Bonchev–Trinajstić information content (AvgIpc) is 2.14. The number of halogens is 1. The molecule has 1 rings (SSSR count). The van der Waals surface area contributed by atoms with Crippen molar-refractivity contribution in [2.45, 2.75) is 34.1 Å². The summed E-state index contributed by atoms with van der Waals surface area (Å²) in [6, 6.07) is 4.85. The second-order valence-electron chi connectivity index (χ2n) is 5.52. The summed E-state index contributed by atoms with van der Waals surface area (Å²) in [7, 11) is 0. The van der Waals surface area contributed by atoms with Crippen LogP contribution in [0.15, 0.2) is 18.2 Å². The maximum Gasteiger partial charge on any atom is 0.123 e. The summed E-state index contributed by atoms with van der Waals surface area (Å²) in [5, 5.41) is 9.39. The molecule has 2 heteroatoms. The van der Waals surface area contributed by atoms with E-state index < -0.39 is 0 Å². The lowest BCUT2D eigenvalue weighted by molar-refractivity contribution is 0.131. The number of aliphatic hydroxyl groups excluding tert-OH is 1. The first-order chi connectivity index (χ1) is 7.34. The summed E-state index contributed by atoms with van der Waals surface area (Å²) >= 11 is 0. The zero-order chi connectivity index (χ0) is 12.3. The Labute approximate surface area is 97.3 Å². The van der Waals surface area contributed by atoms with Crippen molar-refractivity contribution in [3.8, 4) is 0 Å². The van der Waals surface area contributed by atoms with Crippen molar-refractivity contribution in [1.82, 2.24) is 0 Å². The van der Waals surface area contributed by atoms with Crippen LogP contribution >= 0.6 is 0 Å². The van der Waals surface area contributed by atoms with Crippen LogP contribution in [0.3, 0.4) is 0 Å². The Hall–Kier alpha value is -0.890. The lowest BCUT2D eigenvalue weighted by atomic mass is 9.77. The third-order valence-corrected chi connectivity index (χ3v) is 3.22. The third kappa shape index (κ3) is 3.31. The Bertz CT molecular complexity index is 352. The monoisotopic (exact) mass is 224 g/mol. The molecule has 0 aliphatic rings. The van der Waals surface area contributed by atoms with Crippen LogP contribution in [-0.4, -0.2) is 11.7 Å². The summed E-state index contributed by atoms with van der Waals surface area (Å²) < 4.78 is 13.0. The van der Waals surface area contributed by atoms with E-state index >= 15 is 0 Å². The van der Waals surface area contributed by atoms with E-state index in [1.165, 1.54) is 6.07 Å². The summed E-state index contributed by atoms with van der Waals surface area (Å²) in [6.07, 6.45) is 0.798. The van der Waals surface area contributed by atoms with E-state index in [9.17, 15) is 9.50 Å². The molecule has 0 amide bonds. The fourth-order valence-corrected chi connectivity index (χ4v) is 1.80. The molecule has 1 aromatic rings. The molecule has 1 aromatic carbocycles. The molecule has 90 valence electrons. The smallest absolute Gasteiger partial charge is 0.123 e. The molecule has 0 aromatic heterocycles. The molecule has 0 heterocycles. The molecule has 0 aliphatic carbocycles. The Kier molecular flexibility index (Phi) is 4.09. The fourth-order valence-electron chi connectivity index (χ4n) is 1.80. The quantitative estimate of drug-likeness (QED) is 0.835. The van der Waals surface area contributed by atoms with Crippen LogP contribution in [0.4, 0.5) is 4.39 Å². The van der Waals surface area contributed by atoms with E-state index in [2.05, 4.69) is 20.8 Å². The summed E-state index contributed by atoms with van der Waals surface area (Å²) in [4.78, 5) is 0. The van der Waals surface area contributed by atoms with Crippen molar-refractivity contribution in [3.63, 3.8) is 0 Å². The zero-order valence-electron chi connectivity index (χ0n) is 10.5. The summed E-state index contributed by atoms with van der Waals surface area (Å²) in [5.74, 6) is 0.00854. The molecule has 0 aliphatic heterocycles. The maximum atomic E-state index is 13.0. The Morgan fingerprint density at radius 1 is 1.31 bits per heavy atom. The van der Waals surface area contributed by atoms with Gasteiger partial charge in [-0.25, -0.2) is 4.39 Å². The average molecular weight is 224 g/mol. The van der Waals surface area contributed by atoms with E-state index in [1.807, 2.05) is 13.0 Å². The number of rotatable bonds is 3. The first kappa shape index (κ1) is 13.2. The normalized spacial score (nSPS) is 13.9. The highest BCUT2D eigenvalue weighted by Gasteiger charge is 2.24. The van der Waals surface area contributed by atoms with E-state index in [1.54, 1.807) is 6.07 Å². The van der Waals surface area contributed by atoms with Crippen LogP contribution in [0.2, 0.25) is 0 Å².